The molecule has 2 amide bonds. The molecule has 9 heteroatoms. The van der Waals surface area contributed by atoms with Crippen LogP contribution in [-0.4, -0.2) is 37.0 Å². The van der Waals surface area contributed by atoms with Gasteiger partial charge < -0.3 is 10.3 Å². The highest BCUT2D eigenvalue weighted by molar-refractivity contribution is 6.04. The van der Waals surface area contributed by atoms with Gasteiger partial charge in [-0.2, -0.15) is 0 Å². The maximum absolute atomic E-state index is 12.7. The molecule has 2 aromatic carbocycles. The Bertz CT molecular complexity index is 1220. The summed E-state index contributed by atoms with van der Waals surface area (Å²) in [5.41, 5.74) is 3.63. The van der Waals surface area contributed by atoms with Crippen molar-refractivity contribution in [2.24, 2.45) is 0 Å². The lowest BCUT2D eigenvalue weighted by atomic mass is 10.1. The number of aromatic nitrogens is 4. The number of benzene rings is 2. The van der Waals surface area contributed by atoms with Crippen LogP contribution in [0.2, 0.25) is 0 Å². The van der Waals surface area contributed by atoms with Crippen molar-refractivity contribution >= 4 is 33.6 Å². The van der Waals surface area contributed by atoms with Crippen molar-refractivity contribution in [2.75, 3.05) is 0 Å². The number of nitrogens with one attached hydrogen (secondary N) is 3. The lowest BCUT2D eigenvalue weighted by Crippen LogP contribution is -2.30. The van der Waals surface area contributed by atoms with Crippen LogP contribution in [0.3, 0.4) is 0 Å². The maximum atomic E-state index is 12.7. The van der Waals surface area contributed by atoms with Crippen LogP contribution in [0, 0.1) is 0 Å². The van der Waals surface area contributed by atoms with Crippen molar-refractivity contribution in [1.82, 2.24) is 30.7 Å². The predicted octanol–water partition coefficient (Wildman–Crippen LogP) is 3.43. The summed E-state index contributed by atoms with van der Waals surface area (Å²) in [5, 5.41) is 13.8. The number of imidazole rings is 1. The van der Waals surface area contributed by atoms with E-state index in [2.05, 4.69) is 20.3 Å². The van der Waals surface area contributed by atoms with Gasteiger partial charge in [0.2, 0.25) is 5.91 Å². The van der Waals surface area contributed by atoms with Gasteiger partial charge in [-0.25, -0.2) is 15.4 Å². The number of rotatable bonds is 9. The van der Waals surface area contributed by atoms with Crippen molar-refractivity contribution < 1.29 is 14.8 Å². The molecule has 0 unspecified atom stereocenters. The third-order valence-electron chi connectivity index (χ3n) is 5.35. The molecule has 4 rings (SSSR count). The Labute approximate surface area is 184 Å². The van der Waals surface area contributed by atoms with Gasteiger partial charge in [-0.1, -0.05) is 43.2 Å². The van der Waals surface area contributed by atoms with Gasteiger partial charge in [0.05, 0.1) is 23.3 Å². The van der Waals surface area contributed by atoms with Crippen LogP contribution in [0.15, 0.2) is 55.0 Å². The van der Waals surface area contributed by atoms with E-state index >= 15 is 0 Å². The van der Waals surface area contributed by atoms with E-state index in [1.807, 2.05) is 36.4 Å². The molecule has 4 N–H and O–H groups in total. The first-order valence-corrected chi connectivity index (χ1v) is 10.5. The summed E-state index contributed by atoms with van der Waals surface area (Å²) in [6, 6.07) is 11.7. The van der Waals surface area contributed by atoms with Crippen LogP contribution in [0.4, 0.5) is 0 Å². The second kappa shape index (κ2) is 9.97. The monoisotopic (exact) mass is 432 g/mol. The first kappa shape index (κ1) is 21.4. The molecule has 0 radical (unpaired) electrons. The first-order chi connectivity index (χ1) is 15.7. The van der Waals surface area contributed by atoms with E-state index in [9.17, 15) is 9.59 Å². The van der Waals surface area contributed by atoms with Crippen LogP contribution in [0.25, 0.3) is 21.8 Å². The number of fused-ring (bicyclic) bond motifs is 3. The summed E-state index contributed by atoms with van der Waals surface area (Å²) in [6.45, 7) is 0. The normalized spacial score (nSPS) is 12.0. The number of nitrogens with zero attached hydrogens (tertiary/aromatic N) is 3. The second-order valence-electron chi connectivity index (χ2n) is 7.56. The minimum atomic E-state index is -0.401. The number of carbonyl (C=O) groups is 2. The summed E-state index contributed by atoms with van der Waals surface area (Å²) in [7, 11) is 0. The summed E-state index contributed by atoms with van der Waals surface area (Å²) in [5.74, 6) is -0.0589. The standard InChI is InChI=1S/C23H24N6O3/c30-20(29-32)9-3-1-2-8-18(27-23(31)19-14-24-12-13-25-19)22-26-17-11-10-15-6-4-5-7-16(15)21(17)28-22/h4-7,10-14,18,32H,1-3,8-9H2,(H,26,28)(H,27,31)(H,29,30)/t18-/m0/s1. The van der Waals surface area contributed by atoms with E-state index in [1.54, 1.807) is 5.48 Å². The van der Waals surface area contributed by atoms with Gasteiger partial charge in [-0.3, -0.25) is 19.8 Å². The van der Waals surface area contributed by atoms with E-state index < -0.39 is 5.91 Å². The van der Waals surface area contributed by atoms with E-state index in [4.69, 9.17) is 10.2 Å². The molecule has 1 atom stereocenters. The number of hydrogen-bond acceptors (Lipinski definition) is 6. The molecule has 0 saturated heterocycles. The molecule has 32 heavy (non-hydrogen) atoms. The highest BCUT2D eigenvalue weighted by Crippen LogP contribution is 2.27. The SMILES string of the molecule is O=C(CCCCC[C@H](NC(=O)c1cnccn1)c1nc2c(ccc3ccccc32)[nH]1)NO. The number of carbonyl (C=O) groups excluding carboxylic acids is 2. The topological polar surface area (TPSA) is 133 Å². The molecule has 0 bridgehead atoms. The zero-order valence-corrected chi connectivity index (χ0v) is 17.4. The first-order valence-electron chi connectivity index (χ1n) is 10.5. The van der Waals surface area contributed by atoms with Crippen molar-refractivity contribution in [2.45, 2.75) is 38.1 Å². The Balaban J connectivity index is 1.55. The van der Waals surface area contributed by atoms with Gasteiger partial charge >= 0.3 is 0 Å². The summed E-state index contributed by atoms with van der Waals surface area (Å²) < 4.78 is 0. The zero-order valence-electron chi connectivity index (χ0n) is 17.4. The average molecular weight is 432 g/mol. The molecule has 2 heterocycles. The van der Waals surface area contributed by atoms with Crippen LogP contribution in [0.1, 0.15) is 54.5 Å². The van der Waals surface area contributed by atoms with Crippen molar-refractivity contribution in [1.29, 1.82) is 0 Å². The second-order valence-corrected chi connectivity index (χ2v) is 7.56. The number of amides is 2. The molecular formula is C23H24N6O3. The molecule has 9 nitrogen and oxygen atoms in total. The van der Waals surface area contributed by atoms with Gasteiger partial charge in [-0.15, -0.1) is 0 Å². The van der Waals surface area contributed by atoms with E-state index in [0.29, 0.717) is 18.7 Å². The van der Waals surface area contributed by atoms with Crippen LogP contribution in [0.5, 0.6) is 0 Å². The molecule has 0 fully saturated rings. The molecule has 0 aliphatic carbocycles. The molecule has 164 valence electrons. The quantitative estimate of drug-likeness (QED) is 0.182. The van der Waals surface area contributed by atoms with Gasteiger partial charge in [0.25, 0.3) is 5.91 Å². The van der Waals surface area contributed by atoms with Crippen LogP contribution < -0.4 is 10.8 Å². The molecule has 0 aliphatic heterocycles. The molecule has 0 aliphatic rings. The smallest absolute Gasteiger partial charge is 0.272 e. The summed E-state index contributed by atoms with van der Waals surface area (Å²) in [4.78, 5) is 40.1. The lowest BCUT2D eigenvalue weighted by molar-refractivity contribution is -0.129. The fourth-order valence-corrected chi connectivity index (χ4v) is 3.72. The third kappa shape index (κ3) is 4.89. The Morgan fingerprint density at radius 1 is 1.06 bits per heavy atom. The molecule has 0 spiro atoms. The van der Waals surface area contributed by atoms with Crippen LogP contribution >= 0.6 is 0 Å². The zero-order chi connectivity index (χ0) is 22.3. The number of unbranched alkanes of at least 4 members (excludes halogenated alkanes) is 2. The van der Waals surface area contributed by atoms with Crippen molar-refractivity contribution in [3.8, 4) is 0 Å². The Hall–Kier alpha value is -3.85. The van der Waals surface area contributed by atoms with Gasteiger partial charge in [0.1, 0.15) is 11.5 Å². The number of aromatic amines is 1. The highest BCUT2D eigenvalue weighted by atomic mass is 16.5. The number of H-pyrrole nitrogens is 1. The summed E-state index contributed by atoms with van der Waals surface area (Å²) >= 11 is 0. The Morgan fingerprint density at radius 2 is 1.94 bits per heavy atom. The van der Waals surface area contributed by atoms with Crippen LogP contribution in [-0.2, 0) is 4.79 Å². The van der Waals surface area contributed by atoms with Gasteiger partial charge in [0.15, 0.2) is 0 Å². The number of hydroxylamine groups is 1. The third-order valence-corrected chi connectivity index (χ3v) is 5.35. The van der Waals surface area contributed by atoms with E-state index in [1.165, 1.54) is 18.6 Å². The molecular weight excluding hydrogens is 408 g/mol. The highest BCUT2D eigenvalue weighted by Gasteiger charge is 2.20. The minimum absolute atomic E-state index is 0.235. The maximum Gasteiger partial charge on any atom is 0.272 e. The Morgan fingerprint density at radius 3 is 2.75 bits per heavy atom. The van der Waals surface area contributed by atoms with E-state index in [0.717, 1.165) is 34.6 Å². The lowest BCUT2D eigenvalue weighted by Gasteiger charge is -2.16. The van der Waals surface area contributed by atoms with Gasteiger partial charge in [0, 0.05) is 24.2 Å². The minimum Gasteiger partial charge on any atom is -0.341 e. The number of hydrogen-bond donors (Lipinski definition) is 4. The Kier molecular flexibility index (Phi) is 6.66. The fraction of sp³-hybridized carbons (Fsp3) is 0.261. The summed E-state index contributed by atoms with van der Waals surface area (Å²) in [6.07, 6.45) is 7.48. The fourth-order valence-electron chi connectivity index (χ4n) is 3.72. The van der Waals surface area contributed by atoms with E-state index in [-0.39, 0.29) is 24.1 Å². The molecule has 4 aromatic rings. The van der Waals surface area contributed by atoms with Crippen molar-refractivity contribution in [3.05, 3.63) is 66.5 Å². The largest absolute Gasteiger partial charge is 0.341 e. The average Bonchev–Trinajstić information content (AvgIpc) is 3.28. The molecule has 2 aromatic heterocycles. The van der Waals surface area contributed by atoms with Crippen molar-refractivity contribution in [3.63, 3.8) is 0 Å². The predicted molar refractivity (Wildman–Crippen MR) is 119 cm³/mol. The van der Waals surface area contributed by atoms with Gasteiger partial charge in [-0.05, 0) is 24.3 Å². The molecule has 0 saturated carbocycles.